The quantitative estimate of drug-likeness (QED) is 0.832. The van der Waals surface area contributed by atoms with Crippen LogP contribution in [0.25, 0.3) is 0 Å². The monoisotopic (exact) mass is 375 g/mol. The zero-order valence-corrected chi connectivity index (χ0v) is 16.4. The van der Waals surface area contributed by atoms with Gasteiger partial charge in [0, 0.05) is 45.7 Å². The molecule has 1 aromatic carbocycles. The van der Waals surface area contributed by atoms with Crippen molar-refractivity contribution in [3.63, 3.8) is 0 Å². The largest absolute Gasteiger partial charge is 0.476 e. The zero-order chi connectivity index (χ0) is 19.6. The van der Waals surface area contributed by atoms with Crippen molar-refractivity contribution in [2.24, 2.45) is 0 Å². The number of aliphatic hydroxyl groups excluding tert-OH is 1. The Kier molecular flexibility index (Phi) is 5.72. The summed E-state index contributed by atoms with van der Waals surface area (Å²) >= 11 is 0. The maximum absolute atomic E-state index is 12.9. The smallest absolute Gasteiger partial charge is 0.270 e. The van der Waals surface area contributed by atoms with E-state index in [0.717, 1.165) is 24.3 Å². The Labute approximate surface area is 160 Å². The van der Waals surface area contributed by atoms with E-state index < -0.39 is 5.60 Å². The summed E-state index contributed by atoms with van der Waals surface area (Å²) < 4.78 is 5.86. The Morgan fingerprint density at radius 2 is 1.89 bits per heavy atom. The molecule has 0 aliphatic carbocycles. The van der Waals surface area contributed by atoms with Crippen molar-refractivity contribution < 1.29 is 19.4 Å². The minimum atomic E-state index is -0.943. The lowest BCUT2D eigenvalue weighted by Crippen LogP contribution is -2.54. The molecule has 0 unspecified atom stereocenters. The molecule has 2 amide bonds. The summed E-state index contributed by atoms with van der Waals surface area (Å²) in [6.45, 7) is 9.50. The number of benzene rings is 1. The average molecular weight is 375 g/mol. The lowest BCUT2D eigenvalue weighted by molar-refractivity contribution is -0.134. The molecule has 2 aliphatic heterocycles. The number of carbonyl (C=O) groups excluding carboxylic acids is 2. The molecule has 0 bridgehead atoms. The van der Waals surface area contributed by atoms with Crippen LogP contribution in [0.4, 0.5) is 5.69 Å². The van der Waals surface area contributed by atoms with Crippen LogP contribution in [0, 0.1) is 6.92 Å². The summed E-state index contributed by atoms with van der Waals surface area (Å²) in [5.41, 5.74) is 0.836. The molecule has 2 aliphatic rings. The minimum Gasteiger partial charge on any atom is -0.476 e. The third-order valence-electron chi connectivity index (χ3n) is 5.22. The van der Waals surface area contributed by atoms with Gasteiger partial charge >= 0.3 is 0 Å². The van der Waals surface area contributed by atoms with E-state index in [1.165, 1.54) is 0 Å². The van der Waals surface area contributed by atoms with Gasteiger partial charge in [-0.05, 0) is 38.5 Å². The van der Waals surface area contributed by atoms with Gasteiger partial charge in [0.15, 0.2) is 5.60 Å². The summed E-state index contributed by atoms with van der Waals surface area (Å²) in [7, 11) is 0. The first-order valence-corrected chi connectivity index (χ1v) is 9.54. The van der Waals surface area contributed by atoms with Gasteiger partial charge in [-0.15, -0.1) is 0 Å². The Balaban J connectivity index is 1.66. The number of piperazine rings is 1. The average Bonchev–Trinajstić information content (AvgIpc) is 2.63. The van der Waals surface area contributed by atoms with Crippen LogP contribution in [-0.4, -0.2) is 78.2 Å². The van der Waals surface area contributed by atoms with Crippen molar-refractivity contribution in [2.45, 2.75) is 32.8 Å². The number of fused-ring (bicyclic) bond motifs is 1. The Morgan fingerprint density at radius 1 is 1.19 bits per heavy atom. The van der Waals surface area contributed by atoms with Crippen molar-refractivity contribution in [1.29, 1.82) is 0 Å². The highest BCUT2D eigenvalue weighted by atomic mass is 16.5. The van der Waals surface area contributed by atoms with E-state index >= 15 is 0 Å². The molecule has 0 spiro atoms. The van der Waals surface area contributed by atoms with Gasteiger partial charge in [-0.2, -0.15) is 0 Å². The van der Waals surface area contributed by atoms with E-state index in [1.807, 2.05) is 30.0 Å². The van der Waals surface area contributed by atoms with Crippen LogP contribution in [0.15, 0.2) is 18.2 Å². The summed E-state index contributed by atoms with van der Waals surface area (Å²) in [6.07, 6.45) is 0.287. The molecule has 0 saturated carbocycles. The fraction of sp³-hybridized carbons (Fsp3) is 0.600. The molecule has 1 saturated heterocycles. The first-order valence-electron chi connectivity index (χ1n) is 9.54. The number of hydrogen-bond acceptors (Lipinski definition) is 5. The van der Waals surface area contributed by atoms with E-state index in [0.29, 0.717) is 31.9 Å². The number of carbonyl (C=O) groups is 2. The van der Waals surface area contributed by atoms with Gasteiger partial charge in [0.05, 0.1) is 12.3 Å². The molecule has 0 radical (unpaired) electrons. The normalized spacial score (nSPS) is 19.6. The SMILES string of the molecule is Cc1ccc2c(c1)N(CCC(=O)N1CCN(CCO)CC1)C(=O)C(C)(C)O2. The van der Waals surface area contributed by atoms with Crippen LogP contribution < -0.4 is 9.64 Å². The molecule has 1 N–H and O–H groups in total. The Bertz CT molecular complexity index is 711. The first-order chi connectivity index (χ1) is 12.8. The maximum Gasteiger partial charge on any atom is 0.270 e. The highest BCUT2D eigenvalue weighted by Crippen LogP contribution is 2.38. The second kappa shape index (κ2) is 7.86. The predicted octanol–water partition coefficient (Wildman–Crippen LogP) is 1.03. The van der Waals surface area contributed by atoms with Crippen molar-refractivity contribution in [2.75, 3.05) is 50.8 Å². The molecule has 2 heterocycles. The molecule has 0 aromatic heterocycles. The van der Waals surface area contributed by atoms with E-state index in [9.17, 15) is 9.59 Å². The molecular weight excluding hydrogens is 346 g/mol. The minimum absolute atomic E-state index is 0.0601. The summed E-state index contributed by atoms with van der Waals surface area (Å²) in [5.74, 6) is 0.612. The van der Waals surface area contributed by atoms with Crippen LogP contribution in [0.1, 0.15) is 25.8 Å². The number of rotatable bonds is 5. The number of hydrogen-bond donors (Lipinski definition) is 1. The van der Waals surface area contributed by atoms with Crippen molar-refractivity contribution >= 4 is 17.5 Å². The molecule has 7 nitrogen and oxygen atoms in total. The number of β-amino-alcohol motifs (C(OH)–C–C–N with tert-alkyl or cyclic N) is 1. The molecule has 27 heavy (non-hydrogen) atoms. The second-order valence-electron chi connectivity index (χ2n) is 7.74. The molecular formula is C20H29N3O4. The van der Waals surface area contributed by atoms with Gasteiger partial charge in [-0.3, -0.25) is 14.5 Å². The van der Waals surface area contributed by atoms with Gasteiger partial charge in [0.25, 0.3) is 5.91 Å². The topological polar surface area (TPSA) is 73.3 Å². The third kappa shape index (κ3) is 4.25. The number of amides is 2. The van der Waals surface area contributed by atoms with Crippen molar-refractivity contribution in [3.8, 4) is 5.75 Å². The van der Waals surface area contributed by atoms with Gasteiger partial charge in [0.2, 0.25) is 5.91 Å². The van der Waals surface area contributed by atoms with E-state index in [2.05, 4.69) is 4.90 Å². The number of ether oxygens (including phenoxy) is 1. The molecule has 3 rings (SSSR count). The maximum atomic E-state index is 12.9. The van der Waals surface area contributed by atoms with Crippen molar-refractivity contribution in [3.05, 3.63) is 23.8 Å². The summed E-state index contributed by atoms with van der Waals surface area (Å²) in [4.78, 5) is 31.2. The van der Waals surface area contributed by atoms with E-state index in [1.54, 1.807) is 18.7 Å². The van der Waals surface area contributed by atoms with Crippen LogP contribution in [0.2, 0.25) is 0 Å². The van der Waals surface area contributed by atoms with E-state index in [4.69, 9.17) is 9.84 Å². The fourth-order valence-corrected chi connectivity index (χ4v) is 3.63. The van der Waals surface area contributed by atoms with Gasteiger partial charge in [0.1, 0.15) is 5.75 Å². The fourth-order valence-electron chi connectivity index (χ4n) is 3.63. The highest BCUT2D eigenvalue weighted by molar-refractivity contribution is 6.02. The van der Waals surface area contributed by atoms with Gasteiger partial charge < -0.3 is 19.6 Å². The number of anilines is 1. The standard InChI is InChI=1S/C20H29N3O4/c1-15-4-5-17-16(14-15)23(19(26)20(2,3)27-17)7-6-18(25)22-10-8-21(9-11-22)12-13-24/h4-5,14,24H,6-13H2,1-3H3. The highest BCUT2D eigenvalue weighted by Gasteiger charge is 2.41. The first kappa shape index (κ1) is 19.6. The lowest BCUT2D eigenvalue weighted by atomic mass is 10.0. The van der Waals surface area contributed by atoms with Crippen LogP contribution in [-0.2, 0) is 9.59 Å². The molecule has 148 valence electrons. The van der Waals surface area contributed by atoms with Crippen LogP contribution in [0.3, 0.4) is 0 Å². The number of aliphatic hydroxyl groups is 1. The van der Waals surface area contributed by atoms with Crippen LogP contribution in [0.5, 0.6) is 5.75 Å². The summed E-state index contributed by atoms with van der Waals surface area (Å²) in [5, 5.41) is 9.02. The predicted molar refractivity (Wildman–Crippen MR) is 103 cm³/mol. The number of nitrogens with zero attached hydrogens (tertiary/aromatic N) is 3. The Morgan fingerprint density at radius 3 is 2.56 bits per heavy atom. The molecule has 0 atom stereocenters. The third-order valence-corrected chi connectivity index (χ3v) is 5.22. The Hall–Kier alpha value is -2.12. The van der Waals surface area contributed by atoms with E-state index in [-0.39, 0.29) is 24.8 Å². The van der Waals surface area contributed by atoms with Gasteiger partial charge in [-0.25, -0.2) is 0 Å². The molecule has 1 fully saturated rings. The second-order valence-corrected chi connectivity index (χ2v) is 7.74. The zero-order valence-electron chi connectivity index (χ0n) is 16.4. The molecule has 7 heteroatoms. The van der Waals surface area contributed by atoms with Gasteiger partial charge in [-0.1, -0.05) is 6.07 Å². The van der Waals surface area contributed by atoms with Crippen LogP contribution >= 0.6 is 0 Å². The van der Waals surface area contributed by atoms with Crippen molar-refractivity contribution in [1.82, 2.24) is 9.80 Å². The number of aryl methyl sites for hydroxylation is 1. The lowest BCUT2D eigenvalue weighted by Gasteiger charge is -2.39. The summed E-state index contributed by atoms with van der Waals surface area (Å²) in [6, 6.07) is 5.77. The molecule has 1 aromatic rings.